The quantitative estimate of drug-likeness (QED) is 0.907. The van der Waals surface area contributed by atoms with Crippen LogP contribution in [0.1, 0.15) is 0 Å². The van der Waals surface area contributed by atoms with E-state index >= 15 is 0 Å². The van der Waals surface area contributed by atoms with E-state index in [0.29, 0.717) is 0 Å². The SMILES string of the molecule is O=C(COc1cccc(Cl)c1Cl)Nc1cc(F)ccc1F. The van der Waals surface area contributed by atoms with Crippen molar-refractivity contribution in [1.29, 1.82) is 0 Å². The monoisotopic (exact) mass is 331 g/mol. The number of hydrogen-bond donors (Lipinski definition) is 1. The van der Waals surface area contributed by atoms with Gasteiger partial charge in [-0.1, -0.05) is 29.3 Å². The van der Waals surface area contributed by atoms with Crippen molar-refractivity contribution in [1.82, 2.24) is 0 Å². The average molecular weight is 332 g/mol. The van der Waals surface area contributed by atoms with Gasteiger partial charge in [0, 0.05) is 6.07 Å². The third-order valence-electron chi connectivity index (χ3n) is 2.48. The highest BCUT2D eigenvalue weighted by Crippen LogP contribution is 2.31. The van der Waals surface area contributed by atoms with Crippen molar-refractivity contribution in [3.63, 3.8) is 0 Å². The van der Waals surface area contributed by atoms with Crippen LogP contribution in [-0.4, -0.2) is 12.5 Å². The summed E-state index contributed by atoms with van der Waals surface area (Å²) in [7, 11) is 0. The molecule has 110 valence electrons. The van der Waals surface area contributed by atoms with Gasteiger partial charge in [-0.3, -0.25) is 4.79 Å². The number of anilines is 1. The van der Waals surface area contributed by atoms with Crippen LogP contribution in [0.15, 0.2) is 36.4 Å². The van der Waals surface area contributed by atoms with Crippen LogP contribution in [0.2, 0.25) is 10.0 Å². The number of carbonyl (C=O) groups excluding carboxylic acids is 1. The third-order valence-corrected chi connectivity index (χ3v) is 3.28. The van der Waals surface area contributed by atoms with Crippen molar-refractivity contribution in [3.05, 3.63) is 58.1 Å². The van der Waals surface area contributed by atoms with E-state index in [4.69, 9.17) is 27.9 Å². The molecule has 0 saturated carbocycles. The fourth-order valence-electron chi connectivity index (χ4n) is 1.52. The van der Waals surface area contributed by atoms with Crippen molar-refractivity contribution in [2.24, 2.45) is 0 Å². The number of hydrogen-bond acceptors (Lipinski definition) is 2. The predicted octanol–water partition coefficient (Wildman–Crippen LogP) is 4.29. The smallest absolute Gasteiger partial charge is 0.262 e. The molecule has 1 amide bonds. The molecule has 0 atom stereocenters. The highest BCUT2D eigenvalue weighted by Gasteiger charge is 2.11. The van der Waals surface area contributed by atoms with E-state index in [-0.39, 0.29) is 21.5 Å². The van der Waals surface area contributed by atoms with Gasteiger partial charge >= 0.3 is 0 Å². The average Bonchev–Trinajstić information content (AvgIpc) is 2.44. The summed E-state index contributed by atoms with van der Waals surface area (Å²) in [5.74, 6) is -1.84. The lowest BCUT2D eigenvalue weighted by atomic mass is 10.3. The summed E-state index contributed by atoms with van der Waals surface area (Å²) in [5, 5.41) is 2.65. The van der Waals surface area contributed by atoms with E-state index in [0.717, 1.165) is 18.2 Å². The summed E-state index contributed by atoms with van der Waals surface area (Å²) >= 11 is 11.7. The van der Waals surface area contributed by atoms with Crippen molar-refractivity contribution in [3.8, 4) is 5.75 Å². The first kappa shape index (κ1) is 15.5. The Hall–Kier alpha value is -1.85. The molecule has 1 N–H and O–H groups in total. The van der Waals surface area contributed by atoms with E-state index in [1.54, 1.807) is 12.1 Å². The van der Waals surface area contributed by atoms with Crippen LogP contribution in [0, 0.1) is 11.6 Å². The summed E-state index contributed by atoms with van der Waals surface area (Å²) in [6.07, 6.45) is 0. The first-order chi connectivity index (χ1) is 9.97. The van der Waals surface area contributed by atoms with Crippen molar-refractivity contribution in [2.75, 3.05) is 11.9 Å². The van der Waals surface area contributed by atoms with Gasteiger partial charge in [0.1, 0.15) is 22.4 Å². The molecular formula is C14H9Cl2F2NO2. The minimum absolute atomic E-state index is 0.170. The molecule has 2 aromatic carbocycles. The first-order valence-electron chi connectivity index (χ1n) is 5.79. The maximum absolute atomic E-state index is 13.3. The molecule has 0 fully saturated rings. The molecule has 0 aliphatic rings. The van der Waals surface area contributed by atoms with Crippen molar-refractivity contribution in [2.45, 2.75) is 0 Å². The Labute approximate surface area is 129 Å². The molecule has 0 aromatic heterocycles. The number of carbonyl (C=O) groups is 1. The molecule has 2 aromatic rings. The summed E-state index contributed by atoms with van der Waals surface area (Å²) in [5.41, 5.74) is -0.263. The number of benzene rings is 2. The number of halogens is 4. The summed E-state index contributed by atoms with van der Waals surface area (Å²) < 4.78 is 31.5. The van der Waals surface area contributed by atoms with Crippen LogP contribution >= 0.6 is 23.2 Å². The second-order valence-electron chi connectivity index (χ2n) is 4.01. The van der Waals surface area contributed by atoms with Gasteiger partial charge in [0.25, 0.3) is 5.91 Å². The number of nitrogens with one attached hydrogen (secondary N) is 1. The Bertz CT molecular complexity index is 680. The fraction of sp³-hybridized carbons (Fsp3) is 0.0714. The highest BCUT2D eigenvalue weighted by atomic mass is 35.5. The lowest BCUT2D eigenvalue weighted by molar-refractivity contribution is -0.118. The van der Waals surface area contributed by atoms with Crippen LogP contribution in [0.4, 0.5) is 14.5 Å². The molecule has 21 heavy (non-hydrogen) atoms. The normalized spacial score (nSPS) is 10.3. The van der Waals surface area contributed by atoms with Gasteiger partial charge in [-0.15, -0.1) is 0 Å². The highest BCUT2D eigenvalue weighted by molar-refractivity contribution is 6.42. The summed E-state index contributed by atoms with van der Waals surface area (Å²) in [6, 6.07) is 7.45. The second-order valence-corrected chi connectivity index (χ2v) is 4.80. The Kier molecular flexibility index (Phi) is 4.98. The van der Waals surface area contributed by atoms with Gasteiger partial charge in [0.2, 0.25) is 0 Å². The van der Waals surface area contributed by atoms with E-state index in [2.05, 4.69) is 5.32 Å². The minimum Gasteiger partial charge on any atom is -0.482 e. The Morgan fingerprint density at radius 2 is 1.95 bits per heavy atom. The zero-order chi connectivity index (χ0) is 15.4. The molecule has 0 aliphatic carbocycles. The fourth-order valence-corrected chi connectivity index (χ4v) is 1.86. The first-order valence-corrected chi connectivity index (χ1v) is 6.54. The summed E-state index contributed by atoms with van der Waals surface area (Å²) in [6.45, 7) is -0.421. The van der Waals surface area contributed by atoms with Gasteiger partial charge in [-0.05, 0) is 24.3 Å². The predicted molar refractivity (Wildman–Crippen MR) is 76.9 cm³/mol. The van der Waals surface area contributed by atoms with Crippen LogP contribution < -0.4 is 10.1 Å². The second kappa shape index (κ2) is 6.74. The molecule has 7 heteroatoms. The van der Waals surface area contributed by atoms with Gasteiger partial charge < -0.3 is 10.1 Å². The molecule has 3 nitrogen and oxygen atoms in total. The maximum Gasteiger partial charge on any atom is 0.262 e. The lowest BCUT2D eigenvalue weighted by Crippen LogP contribution is -2.21. The van der Waals surface area contributed by atoms with Crippen LogP contribution in [-0.2, 0) is 4.79 Å². The zero-order valence-electron chi connectivity index (χ0n) is 10.5. The van der Waals surface area contributed by atoms with Gasteiger partial charge in [-0.2, -0.15) is 0 Å². The van der Waals surface area contributed by atoms with Crippen molar-refractivity contribution >= 4 is 34.8 Å². The maximum atomic E-state index is 13.3. The number of rotatable bonds is 4. The van der Waals surface area contributed by atoms with E-state index in [9.17, 15) is 13.6 Å². The molecular weight excluding hydrogens is 323 g/mol. The molecule has 0 saturated heterocycles. The van der Waals surface area contributed by atoms with Crippen LogP contribution in [0.5, 0.6) is 5.75 Å². The molecule has 0 aliphatic heterocycles. The number of amides is 1. The van der Waals surface area contributed by atoms with Crippen molar-refractivity contribution < 1.29 is 18.3 Å². The zero-order valence-corrected chi connectivity index (χ0v) is 12.0. The summed E-state index contributed by atoms with van der Waals surface area (Å²) in [4.78, 5) is 11.6. The van der Waals surface area contributed by atoms with Gasteiger partial charge in [0.15, 0.2) is 6.61 Å². The Morgan fingerprint density at radius 1 is 1.19 bits per heavy atom. The molecule has 2 rings (SSSR count). The van der Waals surface area contributed by atoms with Crippen LogP contribution in [0.3, 0.4) is 0 Å². The topological polar surface area (TPSA) is 38.3 Å². The van der Waals surface area contributed by atoms with Gasteiger partial charge in [0.05, 0.1) is 10.7 Å². The van der Waals surface area contributed by atoms with E-state index in [1.165, 1.54) is 6.07 Å². The Morgan fingerprint density at radius 3 is 2.71 bits per heavy atom. The third kappa shape index (κ3) is 4.06. The molecule has 0 radical (unpaired) electrons. The Balaban J connectivity index is 1.99. The number of ether oxygens (including phenoxy) is 1. The largest absolute Gasteiger partial charge is 0.482 e. The molecule has 0 heterocycles. The van der Waals surface area contributed by atoms with Crippen LogP contribution in [0.25, 0.3) is 0 Å². The lowest BCUT2D eigenvalue weighted by Gasteiger charge is -2.10. The molecule has 0 bridgehead atoms. The standard InChI is InChI=1S/C14H9Cl2F2NO2/c15-9-2-1-3-12(14(9)16)21-7-13(20)19-11-6-8(17)4-5-10(11)18/h1-6H,7H2,(H,19,20). The molecule has 0 spiro atoms. The molecule has 0 unspecified atom stereocenters. The van der Waals surface area contributed by atoms with Gasteiger partial charge in [-0.25, -0.2) is 8.78 Å². The minimum atomic E-state index is -0.745. The van der Waals surface area contributed by atoms with E-state index in [1.807, 2.05) is 0 Å². The van der Waals surface area contributed by atoms with E-state index < -0.39 is 24.1 Å².